The molecule has 0 spiro atoms. The molecule has 0 heterocycles. The predicted octanol–water partition coefficient (Wildman–Crippen LogP) is 1.13. The van der Waals surface area contributed by atoms with Crippen LogP contribution in [0.1, 0.15) is 13.3 Å². The van der Waals surface area contributed by atoms with Crippen LogP contribution in [0, 0.1) is 0 Å². The van der Waals surface area contributed by atoms with Crippen molar-refractivity contribution in [1.82, 2.24) is 0 Å². The zero-order valence-electron chi connectivity index (χ0n) is 16.7. The minimum absolute atomic E-state index is 0.518. The van der Waals surface area contributed by atoms with Gasteiger partial charge in [-0.15, -0.1) is 0 Å². The molecule has 152 valence electrons. The molecule has 0 bridgehead atoms. The molecule has 25 heavy (non-hydrogen) atoms. The van der Waals surface area contributed by atoms with E-state index in [1.807, 2.05) is 13.5 Å². The van der Waals surface area contributed by atoms with Crippen molar-refractivity contribution in [3.8, 4) is 0 Å². The molecule has 0 aliphatic carbocycles. The highest BCUT2D eigenvalue weighted by Crippen LogP contribution is 2.26. The van der Waals surface area contributed by atoms with Gasteiger partial charge in [0.2, 0.25) is 0 Å². The summed E-state index contributed by atoms with van der Waals surface area (Å²) < 4.78 is 39.7. The van der Waals surface area contributed by atoms with Crippen molar-refractivity contribution < 1.29 is 34.8 Å². The lowest BCUT2D eigenvalue weighted by molar-refractivity contribution is 0.0960. The maximum Gasteiger partial charge on any atom is 0.489 e. The van der Waals surface area contributed by atoms with Crippen LogP contribution < -0.4 is 5.73 Å². The SMILES string of the molecule is CCO[Si](C)(CCCN)O[Si](C)(OC)O[Si](C)(O)O[Si](C)(OC)OC. The summed E-state index contributed by atoms with van der Waals surface area (Å²) >= 11 is 0. The maximum atomic E-state index is 10.7. The molecular weight excluding hydrogens is 398 g/mol. The van der Waals surface area contributed by atoms with Gasteiger partial charge in [-0.05, 0) is 32.5 Å². The summed E-state index contributed by atoms with van der Waals surface area (Å²) in [5, 5.41) is 0. The number of rotatable bonds is 14. The third-order valence-corrected chi connectivity index (χ3v) is 17.1. The van der Waals surface area contributed by atoms with Crippen LogP contribution in [0.5, 0.6) is 0 Å². The average molecular weight is 434 g/mol. The van der Waals surface area contributed by atoms with E-state index in [1.54, 1.807) is 13.1 Å². The largest absolute Gasteiger partial charge is 0.489 e. The van der Waals surface area contributed by atoms with Crippen molar-refractivity contribution in [3.05, 3.63) is 0 Å². The van der Waals surface area contributed by atoms with Crippen LogP contribution in [0.3, 0.4) is 0 Å². The van der Waals surface area contributed by atoms with E-state index >= 15 is 0 Å². The molecule has 3 atom stereocenters. The molecule has 0 aromatic carbocycles. The van der Waals surface area contributed by atoms with Gasteiger partial charge in [-0.2, -0.15) is 0 Å². The first-order valence-electron chi connectivity index (χ1n) is 8.25. The van der Waals surface area contributed by atoms with Crippen molar-refractivity contribution in [1.29, 1.82) is 0 Å². The summed E-state index contributed by atoms with van der Waals surface area (Å²) in [5.74, 6) is 0. The Morgan fingerprint density at radius 3 is 1.72 bits per heavy atom. The van der Waals surface area contributed by atoms with E-state index in [4.69, 9.17) is 35.8 Å². The Balaban J connectivity index is 5.23. The van der Waals surface area contributed by atoms with Crippen molar-refractivity contribution in [3.63, 3.8) is 0 Å². The Labute approximate surface area is 156 Å². The van der Waals surface area contributed by atoms with E-state index in [1.165, 1.54) is 27.9 Å². The van der Waals surface area contributed by atoms with Gasteiger partial charge in [-0.1, -0.05) is 0 Å². The number of hydrogen-bond donors (Lipinski definition) is 2. The molecule has 0 aromatic heterocycles. The van der Waals surface area contributed by atoms with Gasteiger partial charge in [0.15, 0.2) is 0 Å². The second-order valence-electron chi connectivity index (χ2n) is 6.00. The van der Waals surface area contributed by atoms with E-state index < -0.39 is 35.0 Å². The normalized spacial score (nSPS) is 19.9. The molecular formula is C12H35NO8Si4. The molecule has 9 nitrogen and oxygen atoms in total. The average Bonchev–Trinajstić information content (AvgIpc) is 2.51. The smallest absolute Gasteiger partial charge is 0.395 e. The first kappa shape index (κ1) is 25.5. The summed E-state index contributed by atoms with van der Waals surface area (Å²) in [4.78, 5) is 10.7. The van der Waals surface area contributed by atoms with Gasteiger partial charge in [-0.25, -0.2) is 0 Å². The third-order valence-electron chi connectivity index (χ3n) is 3.55. The minimum atomic E-state index is -3.63. The Kier molecular flexibility index (Phi) is 11.0. The summed E-state index contributed by atoms with van der Waals surface area (Å²) in [5.41, 5.74) is 5.61. The molecule has 0 amide bonds. The first-order chi connectivity index (χ1) is 11.4. The summed E-state index contributed by atoms with van der Waals surface area (Å²) in [6.07, 6.45) is 0.777. The van der Waals surface area contributed by atoms with Crippen molar-refractivity contribution in [2.75, 3.05) is 34.5 Å². The van der Waals surface area contributed by atoms with Gasteiger partial charge in [-0.3, -0.25) is 0 Å². The lowest BCUT2D eigenvalue weighted by atomic mass is 10.5. The molecule has 0 rings (SSSR count). The fraction of sp³-hybridized carbons (Fsp3) is 1.00. The van der Waals surface area contributed by atoms with Gasteiger partial charge in [0.05, 0.1) is 0 Å². The highest BCUT2D eigenvalue weighted by atomic mass is 28.5. The van der Waals surface area contributed by atoms with Crippen LogP contribution in [0.15, 0.2) is 0 Å². The highest BCUT2D eigenvalue weighted by Gasteiger charge is 2.53. The van der Waals surface area contributed by atoms with Gasteiger partial charge in [0, 0.05) is 47.6 Å². The maximum absolute atomic E-state index is 10.7. The molecule has 3 N–H and O–H groups in total. The van der Waals surface area contributed by atoms with Crippen LogP contribution in [-0.4, -0.2) is 74.3 Å². The standard InChI is InChI=1S/C12H35NO8Si4/c1-9-18-22(5,12-10-11-13)19-25(8,17-4)21-23(6,14)20-24(7,15-2)16-3/h14H,9-13H2,1-8H3. The number of hydrogen-bond acceptors (Lipinski definition) is 9. The topological polar surface area (TPSA) is 111 Å². The Morgan fingerprint density at radius 2 is 1.32 bits per heavy atom. The quantitative estimate of drug-likeness (QED) is 0.389. The second kappa shape index (κ2) is 10.7. The molecule has 0 aliphatic rings. The minimum Gasteiger partial charge on any atom is -0.395 e. The first-order valence-corrected chi connectivity index (χ1v) is 17.5. The summed E-state index contributed by atoms with van der Waals surface area (Å²) in [7, 11) is -7.96. The van der Waals surface area contributed by atoms with E-state index in [0.29, 0.717) is 19.2 Å². The second-order valence-corrected chi connectivity index (χ2v) is 18.0. The molecule has 0 fully saturated rings. The van der Waals surface area contributed by atoms with Crippen LogP contribution in [0.2, 0.25) is 32.2 Å². The van der Waals surface area contributed by atoms with E-state index in [2.05, 4.69) is 0 Å². The molecule has 0 radical (unpaired) electrons. The highest BCUT2D eigenvalue weighted by molar-refractivity contribution is 6.83. The van der Waals surface area contributed by atoms with Gasteiger partial charge < -0.3 is 40.6 Å². The number of nitrogens with two attached hydrogens (primary N) is 1. The molecule has 13 heteroatoms. The Hall–Kier alpha value is 0.508. The van der Waals surface area contributed by atoms with Crippen molar-refractivity contribution in [2.24, 2.45) is 5.73 Å². The predicted molar refractivity (Wildman–Crippen MR) is 103 cm³/mol. The Bertz CT molecular complexity index is 390. The van der Waals surface area contributed by atoms with Crippen molar-refractivity contribution in [2.45, 2.75) is 45.6 Å². The zero-order valence-corrected chi connectivity index (χ0v) is 20.7. The fourth-order valence-electron chi connectivity index (χ4n) is 2.25. The lowest BCUT2D eigenvalue weighted by Crippen LogP contribution is -2.62. The van der Waals surface area contributed by atoms with E-state index in [0.717, 1.165) is 6.42 Å². The third kappa shape index (κ3) is 9.32. The van der Waals surface area contributed by atoms with Crippen LogP contribution in [0.25, 0.3) is 0 Å². The molecule has 0 saturated heterocycles. The van der Waals surface area contributed by atoms with Gasteiger partial charge in [0.25, 0.3) is 0 Å². The zero-order chi connectivity index (χ0) is 19.8. The van der Waals surface area contributed by atoms with E-state index in [-0.39, 0.29) is 0 Å². The van der Waals surface area contributed by atoms with E-state index in [9.17, 15) is 4.80 Å². The molecule has 0 saturated carbocycles. The fourth-order valence-corrected chi connectivity index (χ4v) is 15.7. The van der Waals surface area contributed by atoms with Crippen LogP contribution >= 0.6 is 0 Å². The van der Waals surface area contributed by atoms with Gasteiger partial charge in [0.1, 0.15) is 0 Å². The summed E-state index contributed by atoms with van der Waals surface area (Å²) in [6.45, 7) is 9.79. The van der Waals surface area contributed by atoms with Gasteiger partial charge >= 0.3 is 35.0 Å². The monoisotopic (exact) mass is 433 g/mol. The van der Waals surface area contributed by atoms with Crippen LogP contribution in [-0.2, 0) is 30.0 Å². The van der Waals surface area contributed by atoms with Crippen LogP contribution in [0.4, 0.5) is 0 Å². The summed E-state index contributed by atoms with van der Waals surface area (Å²) in [6, 6.07) is 0.708. The molecule has 3 unspecified atom stereocenters. The lowest BCUT2D eigenvalue weighted by Gasteiger charge is -2.39. The Morgan fingerprint density at radius 1 is 0.840 bits per heavy atom. The molecule has 0 aliphatic heterocycles. The van der Waals surface area contributed by atoms with Crippen molar-refractivity contribution >= 4 is 35.0 Å². The molecule has 0 aromatic rings.